The molecule has 0 unspecified atom stereocenters. The van der Waals surface area contributed by atoms with Crippen molar-refractivity contribution in [1.29, 1.82) is 0 Å². The lowest BCUT2D eigenvalue weighted by atomic mass is 10.1. The van der Waals surface area contributed by atoms with Crippen LogP contribution < -0.4 is 11.2 Å². The van der Waals surface area contributed by atoms with E-state index in [0.717, 1.165) is 11.8 Å². The highest BCUT2D eigenvalue weighted by Crippen LogP contribution is 2.55. The molecule has 12 heteroatoms. The lowest BCUT2D eigenvalue weighted by Gasteiger charge is -2.07. The van der Waals surface area contributed by atoms with Gasteiger partial charge in [0.05, 0.1) is 17.5 Å². The van der Waals surface area contributed by atoms with Gasteiger partial charge in [-0.25, -0.2) is 14.3 Å². The van der Waals surface area contributed by atoms with Crippen LogP contribution in [0, 0.1) is 0 Å². The Kier molecular flexibility index (Phi) is 3.54. The zero-order chi connectivity index (χ0) is 20.3. The Balaban J connectivity index is 1.56. The van der Waals surface area contributed by atoms with Gasteiger partial charge in [0.25, 0.3) is 5.56 Å². The highest BCUT2D eigenvalue weighted by Gasteiger charge is 2.43. The molecule has 2 atom stereocenters. The lowest BCUT2D eigenvalue weighted by Crippen LogP contribution is -2.23. The van der Waals surface area contributed by atoms with Crippen molar-refractivity contribution in [2.24, 2.45) is 0 Å². The summed E-state index contributed by atoms with van der Waals surface area (Å²) in [6.45, 7) is 0. The molecular weight excluding hydrogens is 391 g/mol. The maximum Gasteiger partial charge on any atom is 0.504 e. The fourth-order valence-corrected chi connectivity index (χ4v) is 3.52. The van der Waals surface area contributed by atoms with Crippen LogP contribution in [0.3, 0.4) is 0 Å². The maximum absolute atomic E-state index is 12.8. The Morgan fingerprint density at radius 1 is 1.21 bits per heavy atom. The zero-order valence-electron chi connectivity index (χ0n) is 14.5. The standard InChI is InChI=1S/C17H12F3N7O2/c18-17(19,20)27-7-8(5-23-27)9-3-10(9)11-4-13(25-26-2-1-21-14(11)26)12-6-22-16(29)24-15(12)28/h1-2,4-7,9-10H,3H2,(H2,22,24,28,29)/t9-,10+/m1/s1. The first-order valence-electron chi connectivity index (χ1n) is 8.59. The van der Waals surface area contributed by atoms with Crippen LogP contribution in [-0.2, 0) is 6.30 Å². The van der Waals surface area contributed by atoms with Crippen molar-refractivity contribution >= 4 is 5.65 Å². The quantitative estimate of drug-likeness (QED) is 0.541. The van der Waals surface area contributed by atoms with E-state index < -0.39 is 17.5 Å². The summed E-state index contributed by atoms with van der Waals surface area (Å²) in [6.07, 6.45) is 2.70. The van der Waals surface area contributed by atoms with E-state index in [4.69, 9.17) is 0 Å². The summed E-state index contributed by atoms with van der Waals surface area (Å²) in [7, 11) is 0. The SMILES string of the molecule is O=c1[nH]cc(-c2cc([C@H]3C[C@@H]3c3cnn(C(F)(F)F)c3)c3nccn3n2)c(=O)[nH]1. The monoisotopic (exact) mass is 403 g/mol. The van der Waals surface area contributed by atoms with Gasteiger partial charge in [-0.05, 0) is 29.9 Å². The molecule has 9 nitrogen and oxygen atoms in total. The zero-order valence-corrected chi connectivity index (χ0v) is 14.5. The first kappa shape index (κ1) is 17.4. The average Bonchev–Trinajstić information content (AvgIpc) is 3.06. The molecular formula is C17H12F3N7O2. The Morgan fingerprint density at radius 3 is 2.76 bits per heavy atom. The second-order valence-corrected chi connectivity index (χ2v) is 6.80. The molecule has 0 aliphatic heterocycles. The summed E-state index contributed by atoms with van der Waals surface area (Å²) in [6, 6.07) is 1.68. The van der Waals surface area contributed by atoms with Crippen LogP contribution in [0.2, 0.25) is 0 Å². The van der Waals surface area contributed by atoms with Gasteiger partial charge in [0.1, 0.15) is 0 Å². The molecule has 0 amide bonds. The van der Waals surface area contributed by atoms with Gasteiger partial charge in [0.2, 0.25) is 0 Å². The minimum atomic E-state index is -4.56. The molecule has 1 saturated carbocycles. The number of nitrogens with one attached hydrogen (secondary N) is 2. The third-order valence-electron chi connectivity index (χ3n) is 4.96. The van der Waals surface area contributed by atoms with Crippen molar-refractivity contribution in [1.82, 2.24) is 34.3 Å². The van der Waals surface area contributed by atoms with Crippen molar-refractivity contribution in [2.45, 2.75) is 24.6 Å². The number of halogens is 3. The van der Waals surface area contributed by atoms with Crippen molar-refractivity contribution < 1.29 is 13.2 Å². The highest BCUT2D eigenvalue weighted by molar-refractivity contribution is 5.63. The molecule has 4 aromatic rings. The topological polar surface area (TPSA) is 114 Å². The van der Waals surface area contributed by atoms with Crippen LogP contribution in [0.15, 0.2) is 46.6 Å². The predicted molar refractivity (Wildman–Crippen MR) is 93.3 cm³/mol. The van der Waals surface area contributed by atoms with Crippen LogP contribution >= 0.6 is 0 Å². The Labute approximate surface area is 158 Å². The average molecular weight is 403 g/mol. The van der Waals surface area contributed by atoms with Crippen LogP contribution in [0.1, 0.15) is 29.4 Å². The molecule has 2 N–H and O–H groups in total. The number of alkyl halides is 3. The molecule has 0 bridgehead atoms. The number of hydrogen-bond donors (Lipinski definition) is 2. The molecule has 0 radical (unpaired) electrons. The van der Waals surface area contributed by atoms with Crippen molar-refractivity contribution in [3.8, 4) is 11.3 Å². The summed E-state index contributed by atoms with van der Waals surface area (Å²) in [5, 5.41) is 7.74. The Morgan fingerprint density at radius 2 is 2.03 bits per heavy atom. The number of aromatic nitrogens is 7. The van der Waals surface area contributed by atoms with E-state index in [1.165, 1.54) is 16.9 Å². The lowest BCUT2D eigenvalue weighted by molar-refractivity contribution is -0.212. The fraction of sp³-hybridized carbons (Fsp3) is 0.235. The van der Waals surface area contributed by atoms with E-state index in [1.54, 1.807) is 18.5 Å². The third kappa shape index (κ3) is 2.92. The van der Waals surface area contributed by atoms with Gasteiger partial charge in [-0.3, -0.25) is 9.78 Å². The van der Waals surface area contributed by atoms with E-state index in [9.17, 15) is 22.8 Å². The molecule has 29 heavy (non-hydrogen) atoms. The molecule has 0 saturated heterocycles. The summed E-state index contributed by atoms with van der Waals surface area (Å²) in [4.78, 5) is 32.2. The van der Waals surface area contributed by atoms with Crippen molar-refractivity contribution in [3.63, 3.8) is 0 Å². The van der Waals surface area contributed by atoms with Crippen LogP contribution in [0.4, 0.5) is 13.2 Å². The van der Waals surface area contributed by atoms with Crippen LogP contribution in [0.25, 0.3) is 16.9 Å². The van der Waals surface area contributed by atoms with E-state index in [0.29, 0.717) is 23.3 Å². The summed E-state index contributed by atoms with van der Waals surface area (Å²) < 4.78 is 39.9. The minimum absolute atomic E-state index is 0.0132. The molecule has 0 spiro atoms. The number of hydrogen-bond acceptors (Lipinski definition) is 5. The van der Waals surface area contributed by atoms with Crippen LogP contribution in [0.5, 0.6) is 0 Å². The van der Waals surface area contributed by atoms with Gasteiger partial charge in [-0.1, -0.05) is 0 Å². The molecule has 148 valence electrons. The molecule has 4 heterocycles. The summed E-state index contributed by atoms with van der Waals surface area (Å²) >= 11 is 0. The number of H-pyrrole nitrogens is 2. The van der Waals surface area contributed by atoms with Gasteiger partial charge in [-0.15, -0.1) is 13.2 Å². The maximum atomic E-state index is 12.8. The number of aromatic amines is 2. The molecule has 1 aliphatic rings. The van der Waals surface area contributed by atoms with Crippen molar-refractivity contribution in [2.75, 3.05) is 0 Å². The van der Waals surface area contributed by atoms with Gasteiger partial charge < -0.3 is 4.98 Å². The van der Waals surface area contributed by atoms with Gasteiger partial charge in [0, 0.05) is 30.4 Å². The fourth-order valence-electron chi connectivity index (χ4n) is 3.52. The van der Waals surface area contributed by atoms with E-state index in [1.807, 2.05) is 0 Å². The number of rotatable bonds is 3. The van der Waals surface area contributed by atoms with Gasteiger partial charge in [0.15, 0.2) is 5.65 Å². The van der Waals surface area contributed by atoms with E-state index in [2.05, 4.69) is 25.1 Å². The highest BCUT2D eigenvalue weighted by atomic mass is 19.4. The molecule has 5 rings (SSSR count). The minimum Gasteiger partial charge on any atom is -0.313 e. The summed E-state index contributed by atoms with van der Waals surface area (Å²) in [5.41, 5.74) is 1.07. The molecule has 0 aromatic carbocycles. The second kappa shape index (κ2) is 5.90. The smallest absolute Gasteiger partial charge is 0.313 e. The molecule has 1 aliphatic carbocycles. The predicted octanol–water partition coefficient (Wildman–Crippen LogP) is 1.72. The van der Waals surface area contributed by atoms with E-state index >= 15 is 0 Å². The van der Waals surface area contributed by atoms with E-state index in [-0.39, 0.29) is 22.1 Å². The molecule has 1 fully saturated rings. The largest absolute Gasteiger partial charge is 0.504 e. The van der Waals surface area contributed by atoms with Gasteiger partial charge in [-0.2, -0.15) is 14.9 Å². The number of imidazole rings is 1. The first-order valence-corrected chi connectivity index (χ1v) is 8.59. The third-order valence-corrected chi connectivity index (χ3v) is 4.96. The van der Waals surface area contributed by atoms with Crippen LogP contribution in [-0.4, -0.2) is 34.3 Å². The number of fused-ring (bicyclic) bond motifs is 1. The Hall–Kier alpha value is -3.70. The normalized spacial score (nSPS) is 19.0. The van der Waals surface area contributed by atoms with Gasteiger partial charge >= 0.3 is 12.0 Å². The number of nitrogens with zero attached hydrogens (tertiary/aromatic N) is 5. The Bertz CT molecular complexity index is 1350. The first-order chi connectivity index (χ1) is 13.8. The second-order valence-electron chi connectivity index (χ2n) is 6.80. The van der Waals surface area contributed by atoms with Crippen molar-refractivity contribution in [3.05, 3.63) is 69.0 Å². The molecule has 4 aromatic heterocycles. The summed E-state index contributed by atoms with van der Waals surface area (Å²) in [5.74, 6) is -0.231.